The number of carboxylic acid groups (broad SMARTS) is 4. The molecule has 0 bridgehead atoms. The molecule has 0 fully saturated rings. The fourth-order valence-electron chi connectivity index (χ4n) is 8.51. The summed E-state index contributed by atoms with van der Waals surface area (Å²) in [5.41, 5.74) is -2.09. The van der Waals surface area contributed by atoms with Gasteiger partial charge in [-0.05, 0) is 68.3 Å². The normalized spacial score (nSPS) is 10.7. The maximum absolute atomic E-state index is 14.6. The van der Waals surface area contributed by atoms with Crippen LogP contribution >= 0.6 is 71.2 Å². The lowest BCUT2D eigenvalue weighted by molar-refractivity contribution is -0.143. The van der Waals surface area contributed by atoms with Crippen molar-refractivity contribution in [3.05, 3.63) is 113 Å². The lowest BCUT2D eigenvalue weighted by atomic mass is 10.1. The number of carbonyl (C=O) groups is 9. The van der Waals surface area contributed by atoms with E-state index in [-0.39, 0.29) is 203 Å². The second kappa shape index (κ2) is 36.0. The highest BCUT2D eigenvalue weighted by Crippen LogP contribution is 2.32. The van der Waals surface area contributed by atoms with Crippen LogP contribution in [0.4, 0.5) is 0 Å². The maximum Gasteiger partial charge on any atom is 0.339 e. The number of halogens is 6. The Bertz CT molecular complexity index is 2940. The zero-order chi connectivity index (χ0) is 60.8. The molecule has 0 aliphatic carbocycles. The first-order chi connectivity index (χ1) is 39.0. The standard InChI is InChI=1S/C54H62Cl4N6O18.2ClH/c1-6-82-42(65)10-8-7-9-14-64(50(69)37-25-33(58)29-41(54(76)77)46(37)81-5)21-20-63(17-13-61-49(68)36-24-32(57)28-40(53(74)75)45(36)80-4)19-18-62(15-11-59-47(66)34-22-30(55)26-38(51(70)71)43(34)78-2)16-12-60-48(67)35-23-31(56)27-39(52(72)73)44(35)79-3;;/h22-29H,6-21H2,1-5H3,(H,59,66)(H,60,67)(H,61,68)(H,70,71)(H,72,73)(H,74,75)(H,76,77);2*1H. The first kappa shape index (κ1) is 73.1. The summed E-state index contributed by atoms with van der Waals surface area (Å²) in [6.45, 7) is 2.28. The van der Waals surface area contributed by atoms with Gasteiger partial charge in [0, 0.05) is 98.5 Å². The average molecular weight is 1300 g/mol. The van der Waals surface area contributed by atoms with E-state index in [1.54, 1.807) is 6.92 Å². The summed E-state index contributed by atoms with van der Waals surface area (Å²) >= 11 is 25.0. The molecular weight excluding hydrogens is 1230 g/mol. The minimum Gasteiger partial charge on any atom is -0.495 e. The summed E-state index contributed by atoms with van der Waals surface area (Å²) in [5, 5.41) is 47.4. The van der Waals surface area contributed by atoms with Crippen molar-refractivity contribution in [2.45, 2.75) is 32.6 Å². The summed E-state index contributed by atoms with van der Waals surface area (Å²) in [4.78, 5) is 121. The summed E-state index contributed by atoms with van der Waals surface area (Å²) < 4.78 is 26.4. The highest BCUT2D eigenvalue weighted by atomic mass is 35.5. The number of unbranched alkanes of at least 4 members (excludes halogenated alkanes) is 2. The molecule has 0 saturated carbocycles. The van der Waals surface area contributed by atoms with E-state index in [1.807, 2.05) is 9.80 Å². The van der Waals surface area contributed by atoms with E-state index in [0.717, 1.165) is 24.3 Å². The number of hydrogen-bond donors (Lipinski definition) is 7. The second-order valence-corrected chi connectivity index (χ2v) is 19.5. The van der Waals surface area contributed by atoms with E-state index >= 15 is 0 Å². The van der Waals surface area contributed by atoms with Crippen LogP contribution in [-0.4, -0.2) is 196 Å². The van der Waals surface area contributed by atoms with E-state index in [4.69, 9.17) is 70.1 Å². The van der Waals surface area contributed by atoms with Crippen LogP contribution < -0.4 is 34.9 Å². The Balaban J connectivity index is 0.0000120. The van der Waals surface area contributed by atoms with Gasteiger partial charge in [-0.25, -0.2) is 19.2 Å². The molecule has 4 rings (SSSR count). The van der Waals surface area contributed by atoms with Crippen molar-refractivity contribution in [3.8, 4) is 23.0 Å². The number of nitrogens with one attached hydrogen (secondary N) is 3. The third-order valence-electron chi connectivity index (χ3n) is 12.4. The van der Waals surface area contributed by atoms with Gasteiger partial charge in [-0.2, -0.15) is 0 Å². The number of esters is 1. The molecule has 4 aromatic carbocycles. The Kier molecular flexibility index (Phi) is 31.3. The van der Waals surface area contributed by atoms with Gasteiger partial charge in [-0.3, -0.25) is 33.8 Å². The minimum atomic E-state index is -1.40. The average Bonchev–Trinajstić information content (AvgIpc) is 3.01. The zero-order valence-corrected chi connectivity index (χ0v) is 50.8. The third-order valence-corrected chi connectivity index (χ3v) is 13.3. The molecule has 30 heteroatoms. The topological polar surface area (TPSA) is 327 Å². The number of hydrogen-bond acceptors (Lipinski definition) is 16. The Morgan fingerprint density at radius 1 is 0.417 bits per heavy atom. The summed E-state index contributed by atoms with van der Waals surface area (Å²) in [5.74, 6) is -9.80. The SMILES string of the molecule is CCOC(=O)CCCCCN(CCN(CCNC(=O)c1cc(Cl)cc(C(=O)O)c1OC)CCN(CCNC(=O)c1cc(Cl)cc(C(=O)O)c1OC)CCNC(=O)c1cc(Cl)cc(C(=O)O)c1OC)C(=O)c1cc(Cl)cc(C(=O)O)c1OC.Cl.Cl. The molecule has 0 aliphatic rings. The van der Waals surface area contributed by atoms with E-state index in [0.29, 0.717) is 19.3 Å². The van der Waals surface area contributed by atoms with Crippen molar-refractivity contribution >= 4 is 125 Å². The highest BCUT2D eigenvalue weighted by Gasteiger charge is 2.28. The summed E-state index contributed by atoms with van der Waals surface area (Å²) in [6.07, 6.45) is 1.44. The number of benzene rings is 4. The largest absolute Gasteiger partial charge is 0.495 e. The van der Waals surface area contributed by atoms with Gasteiger partial charge in [0.25, 0.3) is 23.6 Å². The van der Waals surface area contributed by atoms with E-state index < -0.39 is 47.5 Å². The van der Waals surface area contributed by atoms with Gasteiger partial charge in [0.2, 0.25) is 0 Å². The van der Waals surface area contributed by atoms with Gasteiger partial charge in [-0.1, -0.05) is 52.8 Å². The number of carboxylic acids is 4. The minimum absolute atomic E-state index is 0. The maximum atomic E-state index is 14.6. The molecule has 0 aliphatic heterocycles. The molecule has 0 unspecified atom stereocenters. The third kappa shape index (κ3) is 20.9. The molecule has 24 nitrogen and oxygen atoms in total. The molecule has 0 atom stereocenters. The molecule has 0 heterocycles. The van der Waals surface area contributed by atoms with Crippen LogP contribution in [0.2, 0.25) is 20.1 Å². The summed E-state index contributed by atoms with van der Waals surface area (Å²) in [7, 11) is 4.78. The highest BCUT2D eigenvalue weighted by molar-refractivity contribution is 6.33. The number of rotatable bonds is 34. The quantitative estimate of drug-likeness (QED) is 0.0176. The molecule has 4 amide bonds. The number of nitrogens with zero attached hydrogens (tertiary/aromatic N) is 3. The number of methoxy groups -OCH3 is 4. The predicted octanol–water partition coefficient (Wildman–Crippen LogP) is 7.43. The van der Waals surface area contributed by atoms with Crippen molar-refractivity contribution in [3.63, 3.8) is 0 Å². The number of aromatic carboxylic acids is 4. The first-order valence-electron chi connectivity index (χ1n) is 25.2. The number of amides is 4. The number of ether oxygens (including phenoxy) is 5. The molecule has 460 valence electrons. The van der Waals surface area contributed by atoms with Crippen molar-refractivity contribution < 1.29 is 87.3 Å². The van der Waals surface area contributed by atoms with Gasteiger partial charge in [0.1, 0.15) is 45.3 Å². The van der Waals surface area contributed by atoms with Gasteiger partial charge >= 0.3 is 29.8 Å². The Morgan fingerprint density at radius 3 is 1.04 bits per heavy atom. The van der Waals surface area contributed by atoms with Crippen LogP contribution in [0.1, 0.15) is 115 Å². The van der Waals surface area contributed by atoms with E-state index in [9.17, 15) is 63.6 Å². The molecule has 0 radical (unpaired) electrons. The van der Waals surface area contributed by atoms with Crippen LogP contribution in [0.15, 0.2) is 48.5 Å². The Hall–Kier alpha value is -7.03. The van der Waals surface area contributed by atoms with Crippen LogP contribution in [0, 0.1) is 0 Å². The zero-order valence-electron chi connectivity index (χ0n) is 46.1. The molecule has 0 saturated heterocycles. The van der Waals surface area contributed by atoms with Gasteiger partial charge in [0.05, 0.1) is 57.3 Å². The fourth-order valence-corrected chi connectivity index (χ4v) is 9.38. The molecule has 7 N–H and O–H groups in total. The van der Waals surface area contributed by atoms with Gasteiger partial charge in [-0.15, -0.1) is 24.8 Å². The van der Waals surface area contributed by atoms with Gasteiger partial charge in [0.15, 0.2) is 0 Å². The molecular formula is C54H64Cl6N6O18. The second-order valence-electron chi connectivity index (χ2n) is 17.7. The van der Waals surface area contributed by atoms with Crippen molar-refractivity contribution in [2.75, 3.05) is 107 Å². The lowest BCUT2D eigenvalue weighted by Crippen LogP contribution is -2.46. The molecule has 84 heavy (non-hydrogen) atoms. The van der Waals surface area contributed by atoms with Crippen molar-refractivity contribution in [1.82, 2.24) is 30.7 Å². The van der Waals surface area contributed by atoms with Crippen LogP contribution in [0.5, 0.6) is 23.0 Å². The van der Waals surface area contributed by atoms with E-state index in [2.05, 4.69) is 16.0 Å². The Morgan fingerprint density at radius 2 is 0.714 bits per heavy atom. The summed E-state index contributed by atoms with van der Waals surface area (Å²) in [6, 6.07) is 9.54. The van der Waals surface area contributed by atoms with Crippen molar-refractivity contribution in [1.29, 1.82) is 0 Å². The molecule has 0 spiro atoms. The van der Waals surface area contributed by atoms with Gasteiger partial charge < -0.3 is 65.0 Å². The van der Waals surface area contributed by atoms with Crippen LogP contribution in [0.25, 0.3) is 0 Å². The predicted molar refractivity (Wildman–Crippen MR) is 315 cm³/mol. The Labute approximate surface area is 515 Å². The van der Waals surface area contributed by atoms with Crippen LogP contribution in [0.3, 0.4) is 0 Å². The number of carbonyl (C=O) groups excluding carboxylic acids is 5. The fraction of sp³-hybridized carbons (Fsp3) is 0.389. The smallest absolute Gasteiger partial charge is 0.339 e. The first-order valence-corrected chi connectivity index (χ1v) is 26.7. The van der Waals surface area contributed by atoms with Crippen molar-refractivity contribution in [2.24, 2.45) is 0 Å². The molecule has 0 aromatic heterocycles. The molecule has 4 aromatic rings. The monoisotopic (exact) mass is 1290 g/mol. The van der Waals surface area contributed by atoms with Crippen LogP contribution in [-0.2, 0) is 9.53 Å². The van der Waals surface area contributed by atoms with E-state index in [1.165, 1.54) is 57.6 Å². The lowest BCUT2D eigenvalue weighted by Gasteiger charge is -2.31.